The average molecular weight is 656 g/mol. The van der Waals surface area contributed by atoms with Crippen molar-refractivity contribution < 1.29 is 0 Å². The van der Waals surface area contributed by atoms with Gasteiger partial charge in [0.1, 0.15) is 0 Å². The molecule has 0 radical (unpaired) electrons. The number of hydrogen-bond acceptors (Lipinski definition) is 3. The molecule has 0 N–H and O–H groups in total. The van der Waals surface area contributed by atoms with E-state index >= 15 is 0 Å². The van der Waals surface area contributed by atoms with Crippen molar-refractivity contribution in [2.45, 2.75) is 13.3 Å². The third-order valence-electron chi connectivity index (χ3n) is 10.1. The van der Waals surface area contributed by atoms with Crippen LogP contribution in [-0.4, -0.2) is 24.1 Å². The number of aromatic nitrogens is 5. The smallest absolute Gasteiger partial charge is 0.238 e. The fraction of sp³-hybridized carbons (Fsp3) is 0.0652. The van der Waals surface area contributed by atoms with Crippen molar-refractivity contribution in [2.24, 2.45) is 5.92 Å². The first-order valence-electron chi connectivity index (χ1n) is 17.5. The van der Waals surface area contributed by atoms with Crippen LogP contribution < -0.4 is 0 Å². The van der Waals surface area contributed by atoms with E-state index in [2.05, 4.69) is 119 Å². The zero-order valence-electron chi connectivity index (χ0n) is 28.1. The lowest BCUT2D eigenvalue weighted by Crippen LogP contribution is -2.06. The molecule has 0 spiro atoms. The van der Waals surface area contributed by atoms with Crippen LogP contribution in [0.15, 0.2) is 158 Å². The van der Waals surface area contributed by atoms with Crippen LogP contribution in [0.3, 0.4) is 0 Å². The summed E-state index contributed by atoms with van der Waals surface area (Å²) in [5.74, 6) is 2.37. The molecular formula is C46H33N5. The van der Waals surface area contributed by atoms with Gasteiger partial charge in [-0.1, -0.05) is 128 Å². The molecule has 1 atom stereocenters. The van der Waals surface area contributed by atoms with Crippen LogP contribution in [0, 0.1) is 5.92 Å². The lowest BCUT2D eigenvalue weighted by molar-refractivity contribution is 0.718. The highest BCUT2D eigenvalue weighted by molar-refractivity contribution is 6.10. The quantitative estimate of drug-likeness (QED) is 0.185. The molecular weight excluding hydrogens is 623 g/mol. The van der Waals surface area contributed by atoms with Crippen LogP contribution in [0.1, 0.15) is 18.2 Å². The first-order chi connectivity index (χ1) is 25.2. The maximum absolute atomic E-state index is 5.13. The molecule has 9 aromatic rings. The normalized spacial score (nSPS) is 14.0. The largest absolute Gasteiger partial charge is 0.310 e. The van der Waals surface area contributed by atoms with Gasteiger partial charge in [-0.2, -0.15) is 9.97 Å². The molecule has 5 nitrogen and oxygen atoms in total. The van der Waals surface area contributed by atoms with E-state index in [1.807, 2.05) is 60.7 Å². The van der Waals surface area contributed by atoms with E-state index in [9.17, 15) is 0 Å². The Bertz CT molecular complexity index is 2720. The van der Waals surface area contributed by atoms with Crippen LogP contribution >= 0.6 is 0 Å². The molecule has 6 aromatic carbocycles. The Balaban J connectivity index is 1.19. The van der Waals surface area contributed by atoms with Gasteiger partial charge >= 0.3 is 0 Å². The van der Waals surface area contributed by atoms with Gasteiger partial charge in [0, 0.05) is 38.7 Å². The van der Waals surface area contributed by atoms with Gasteiger partial charge in [-0.05, 0) is 71.5 Å². The Morgan fingerprint density at radius 3 is 1.80 bits per heavy atom. The SMILES string of the molecule is CC1C=Cc2c(c3cc(-c4ccc5c6ccccc6n(-c6nc(-c7ccccc7)nc(-c7ccccc7)n6)c5c4)ccc3n2-c2ccccc2)C1. The summed E-state index contributed by atoms with van der Waals surface area (Å²) in [4.78, 5) is 15.2. The van der Waals surface area contributed by atoms with Crippen molar-refractivity contribution in [3.8, 4) is 45.5 Å². The zero-order chi connectivity index (χ0) is 33.9. The highest BCUT2D eigenvalue weighted by Gasteiger charge is 2.22. The van der Waals surface area contributed by atoms with Crippen LogP contribution in [0.5, 0.6) is 0 Å². The third-order valence-corrected chi connectivity index (χ3v) is 10.1. The number of rotatable bonds is 5. The Morgan fingerprint density at radius 2 is 1.08 bits per heavy atom. The Labute approximate surface area is 295 Å². The van der Waals surface area contributed by atoms with Gasteiger partial charge < -0.3 is 4.57 Å². The molecule has 10 rings (SSSR count). The number of hydrogen-bond donors (Lipinski definition) is 0. The Morgan fingerprint density at radius 1 is 0.490 bits per heavy atom. The molecule has 242 valence electrons. The van der Waals surface area contributed by atoms with Crippen molar-refractivity contribution in [1.29, 1.82) is 0 Å². The van der Waals surface area contributed by atoms with Gasteiger partial charge in [0.2, 0.25) is 5.95 Å². The van der Waals surface area contributed by atoms with E-state index in [1.165, 1.54) is 33.4 Å². The molecule has 0 fully saturated rings. The first kappa shape index (κ1) is 29.3. The highest BCUT2D eigenvalue weighted by Crippen LogP contribution is 2.39. The molecule has 1 aliphatic carbocycles. The highest BCUT2D eigenvalue weighted by atomic mass is 15.2. The molecule has 3 aromatic heterocycles. The van der Waals surface area contributed by atoms with Crippen LogP contribution in [0.4, 0.5) is 0 Å². The van der Waals surface area contributed by atoms with E-state index in [4.69, 9.17) is 15.0 Å². The summed E-state index contributed by atoms with van der Waals surface area (Å²) in [7, 11) is 0. The predicted octanol–water partition coefficient (Wildman–Crippen LogP) is 11.1. The molecule has 0 saturated carbocycles. The maximum atomic E-state index is 5.13. The van der Waals surface area contributed by atoms with Crippen molar-refractivity contribution >= 4 is 38.8 Å². The zero-order valence-corrected chi connectivity index (χ0v) is 28.1. The molecule has 1 aliphatic rings. The molecule has 0 amide bonds. The lowest BCUT2D eigenvalue weighted by Gasteiger charge is -2.15. The fourth-order valence-electron chi connectivity index (χ4n) is 7.71. The van der Waals surface area contributed by atoms with E-state index in [1.54, 1.807) is 0 Å². The molecule has 3 heterocycles. The average Bonchev–Trinajstić information content (AvgIpc) is 3.70. The van der Waals surface area contributed by atoms with Gasteiger partial charge in [-0.3, -0.25) is 4.57 Å². The predicted molar refractivity (Wildman–Crippen MR) is 209 cm³/mol. The summed E-state index contributed by atoms with van der Waals surface area (Å²) in [6.45, 7) is 2.30. The first-order valence-corrected chi connectivity index (χ1v) is 17.5. The standard InChI is InChI=1S/C46H33N5/c1-30-21-25-41-38(27-30)39-28-33(23-26-42(39)50(41)35-17-9-4-10-18-35)34-22-24-37-36-19-11-12-20-40(36)51(43(37)29-34)46-48-44(31-13-5-2-6-14-31)47-45(49-46)32-15-7-3-8-16-32/h2-26,28-30H,27H2,1H3. The Kier molecular flexibility index (Phi) is 6.78. The second-order valence-corrected chi connectivity index (χ2v) is 13.4. The minimum Gasteiger partial charge on any atom is -0.310 e. The molecule has 1 unspecified atom stereocenters. The van der Waals surface area contributed by atoms with Crippen molar-refractivity contribution in [3.05, 3.63) is 169 Å². The monoisotopic (exact) mass is 655 g/mol. The lowest BCUT2D eigenvalue weighted by atomic mass is 9.92. The minimum absolute atomic E-state index is 0.491. The molecule has 51 heavy (non-hydrogen) atoms. The van der Waals surface area contributed by atoms with Gasteiger partial charge in [0.25, 0.3) is 0 Å². The summed E-state index contributed by atoms with van der Waals surface area (Å²) < 4.78 is 4.61. The maximum Gasteiger partial charge on any atom is 0.238 e. The second-order valence-electron chi connectivity index (χ2n) is 13.4. The second kappa shape index (κ2) is 11.8. The van der Waals surface area contributed by atoms with Crippen LogP contribution in [-0.2, 0) is 6.42 Å². The van der Waals surface area contributed by atoms with E-state index in [0.717, 1.165) is 44.9 Å². The summed E-state index contributed by atoms with van der Waals surface area (Å²) in [6.07, 6.45) is 5.66. The minimum atomic E-state index is 0.491. The number of fused-ring (bicyclic) bond motifs is 6. The molecule has 0 aliphatic heterocycles. The summed E-state index contributed by atoms with van der Waals surface area (Å²) >= 11 is 0. The number of nitrogens with zero attached hydrogens (tertiary/aromatic N) is 5. The van der Waals surface area contributed by atoms with Crippen molar-refractivity contribution in [3.63, 3.8) is 0 Å². The van der Waals surface area contributed by atoms with Crippen LogP contribution in [0.2, 0.25) is 0 Å². The number of allylic oxidation sites excluding steroid dienone is 1. The topological polar surface area (TPSA) is 48.5 Å². The third kappa shape index (κ3) is 4.89. The van der Waals surface area contributed by atoms with Crippen LogP contribution in [0.25, 0.3) is 84.3 Å². The van der Waals surface area contributed by atoms with Gasteiger partial charge in [-0.15, -0.1) is 0 Å². The molecule has 0 bridgehead atoms. The number of benzene rings is 6. The Hall–Kier alpha value is -6.59. The van der Waals surface area contributed by atoms with Crippen molar-refractivity contribution in [1.82, 2.24) is 24.1 Å². The van der Waals surface area contributed by atoms with E-state index in [0.29, 0.717) is 23.5 Å². The summed E-state index contributed by atoms with van der Waals surface area (Å²) in [6, 6.07) is 53.3. The van der Waals surface area contributed by atoms with E-state index in [-0.39, 0.29) is 0 Å². The summed E-state index contributed by atoms with van der Waals surface area (Å²) in [5.41, 5.74) is 11.4. The van der Waals surface area contributed by atoms with Gasteiger partial charge in [-0.25, -0.2) is 4.98 Å². The summed E-state index contributed by atoms with van der Waals surface area (Å²) in [5, 5.41) is 3.62. The van der Waals surface area contributed by atoms with E-state index < -0.39 is 0 Å². The molecule has 5 heteroatoms. The van der Waals surface area contributed by atoms with Gasteiger partial charge in [0.15, 0.2) is 11.6 Å². The van der Waals surface area contributed by atoms with Gasteiger partial charge in [0.05, 0.1) is 16.6 Å². The molecule has 0 saturated heterocycles. The fourth-order valence-corrected chi connectivity index (χ4v) is 7.71. The number of para-hydroxylation sites is 2. The van der Waals surface area contributed by atoms with Crippen molar-refractivity contribution in [2.75, 3.05) is 0 Å².